The minimum absolute atomic E-state index is 0.0454. The molecule has 156 valence electrons. The van der Waals surface area contributed by atoms with Crippen molar-refractivity contribution in [2.45, 2.75) is 38.0 Å². The first-order valence-corrected chi connectivity index (χ1v) is 10.6. The van der Waals surface area contributed by atoms with E-state index in [1.807, 2.05) is 42.5 Å². The fraction of sp³-hybridized carbons (Fsp3) is 0.375. The van der Waals surface area contributed by atoms with Crippen LogP contribution in [-0.2, 0) is 11.2 Å². The number of aromatic nitrogens is 2. The highest BCUT2D eigenvalue weighted by molar-refractivity contribution is 5.80. The molecule has 1 amide bonds. The summed E-state index contributed by atoms with van der Waals surface area (Å²) in [4.78, 5) is 33.1. The van der Waals surface area contributed by atoms with Crippen LogP contribution in [-0.4, -0.2) is 29.5 Å². The smallest absolute Gasteiger partial charge is 0.258 e. The SMILES string of the molecule is COc1ccc(CCNC(=O)[C@H]2CCCC[C@@H]2c2nc3ccccc3c(=O)[nH]2)cc1. The van der Waals surface area contributed by atoms with Gasteiger partial charge in [-0.1, -0.05) is 37.1 Å². The number of hydrogen-bond acceptors (Lipinski definition) is 4. The third-order valence-corrected chi connectivity index (χ3v) is 5.96. The van der Waals surface area contributed by atoms with Gasteiger partial charge in [0.2, 0.25) is 5.91 Å². The van der Waals surface area contributed by atoms with Crippen LogP contribution in [0.3, 0.4) is 0 Å². The monoisotopic (exact) mass is 405 g/mol. The molecule has 1 aliphatic rings. The first-order chi connectivity index (χ1) is 14.7. The van der Waals surface area contributed by atoms with Crippen LogP contribution in [0.15, 0.2) is 53.3 Å². The molecule has 1 saturated carbocycles. The van der Waals surface area contributed by atoms with Gasteiger partial charge >= 0.3 is 0 Å². The number of benzene rings is 2. The van der Waals surface area contributed by atoms with Crippen molar-refractivity contribution < 1.29 is 9.53 Å². The van der Waals surface area contributed by atoms with Crippen LogP contribution in [0.25, 0.3) is 10.9 Å². The Morgan fingerprint density at radius 3 is 2.70 bits per heavy atom. The van der Waals surface area contributed by atoms with Gasteiger partial charge in [-0.15, -0.1) is 0 Å². The van der Waals surface area contributed by atoms with Crippen LogP contribution in [0, 0.1) is 5.92 Å². The van der Waals surface area contributed by atoms with E-state index in [0.29, 0.717) is 23.3 Å². The van der Waals surface area contributed by atoms with E-state index in [-0.39, 0.29) is 23.3 Å². The van der Waals surface area contributed by atoms with E-state index in [0.717, 1.165) is 43.4 Å². The standard InChI is InChI=1S/C24H27N3O3/c1-30-17-12-10-16(11-13-17)14-15-25-23(28)19-7-3-2-6-18(19)22-26-21-9-5-4-8-20(21)24(29)27-22/h4-5,8-13,18-19H,2-3,6-7,14-15H2,1H3,(H,25,28)(H,26,27,29)/t18-,19-/m0/s1. The molecule has 0 aliphatic heterocycles. The van der Waals surface area contributed by atoms with Gasteiger partial charge in [-0.2, -0.15) is 0 Å². The average molecular weight is 405 g/mol. The molecule has 0 bridgehead atoms. The molecule has 0 spiro atoms. The Balaban J connectivity index is 1.45. The fourth-order valence-corrected chi connectivity index (χ4v) is 4.31. The summed E-state index contributed by atoms with van der Waals surface area (Å²) in [5, 5.41) is 3.67. The van der Waals surface area contributed by atoms with Gasteiger partial charge in [-0.3, -0.25) is 9.59 Å². The van der Waals surface area contributed by atoms with Crippen molar-refractivity contribution in [2.75, 3.05) is 13.7 Å². The summed E-state index contributed by atoms with van der Waals surface area (Å²) in [6.45, 7) is 0.579. The van der Waals surface area contributed by atoms with Gasteiger partial charge < -0.3 is 15.0 Å². The van der Waals surface area contributed by atoms with Crippen molar-refractivity contribution in [1.82, 2.24) is 15.3 Å². The number of carbonyl (C=O) groups excluding carboxylic acids is 1. The van der Waals surface area contributed by atoms with Gasteiger partial charge in [0, 0.05) is 18.4 Å². The minimum Gasteiger partial charge on any atom is -0.497 e. The van der Waals surface area contributed by atoms with Crippen molar-refractivity contribution in [3.8, 4) is 5.75 Å². The maximum Gasteiger partial charge on any atom is 0.258 e. The highest BCUT2D eigenvalue weighted by Crippen LogP contribution is 2.36. The lowest BCUT2D eigenvalue weighted by Crippen LogP contribution is -2.37. The molecule has 1 aliphatic carbocycles. The number of hydrogen-bond donors (Lipinski definition) is 2. The van der Waals surface area contributed by atoms with Crippen LogP contribution in [0.1, 0.15) is 43.0 Å². The number of amides is 1. The number of ether oxygens (including phenoxy) is 1. The van der Waals surface area contributed by atoms with Crippen molar-refractivity contribution in [1.29, 1.82) is 0 Å². The zero-order chi connectivity index (χ0) is 20.9. The van der Waals surface area contributed by atoms with Crippen molar-refractivity contribution in [3.63, 3.8) is 0 Å². The molecule has 2 aromatic carbocycles. The first-order valence-electron chi connectivity index (χ1n) is 10.6. The highest BCUT2D eigenvalue weighted by atomic mass is 16.5. The van der Waals surface area contributed by atoms with Crippen LogP contribution in [0.2, 0.25) is 0 Å². The number of methoxy groups -OCH3 is 1. The number of nitrogens with one attached hydrogen (secondary N) is 2. The molecule has 2 atom stereocenters. The predicted molar refractivity (Wildman–Crippen MR) is 117 cm³/mol. The number of para-hydroxylation sites is 1. The van der Waals surface area contributed by atoms with Gasteiger partial charge in [0.1, 0.15) is 11.6 Å². The third-order valence-electron chi connectivity index (χ3n) is 5.96. The predicted octanol–water partition coefficient (Wildman–Crippen LogP) is 3.56. The van der Waals surface area contributed by atoms with E-state index >= 15 is 0 Å². The summed E-state index contributed by atoms with van der Waals surface area (Å²) in [6.07, 6.45) is 4.49. The fourth-order valence-electron chi connectivity index (χ4n) is 4.31. The van der Waals surface area contributed by atoms with E-state index in [1.54, 1.807) is 13.2 Å². The van der Waals surface area contributed by atoms with Crippen molar-refractivity contribution in [3.05, 3.63) is 70.3 Å². The molecule has 3 aromatic rings. The Kier molecular flexibility index (Phi) is 6.12. The first kappa shape index (κ1) is 20.1. The average Bonchev–Trinajstić information content (AvgIpc) is 2.79. The number of fused-ring (bicyclic) bond motifs is 1. The lowest BCUT2D eigenvalue weighted by Gasteiger charge is -2.30. The molecule has 6 nitrogen and oxygen atoms in total. The van der Waals surface area contributed by atoms with Crippen LogP contribution in [0.4, 0.5) is 0 Å². The second kappa shape index (κ2) is 9.11. The number of nitrogens with zero attached hydrogens (tertiary/aromatic N) is 1. The molecule has 4 rings (SSSR count). The summed E-state index contributed by atoms with van der Waals surface area (Å²) in [6, 6.07) is 15.2. The Hall–Kier alpha value is -3.15. The summed E-state index contributed by atoms with van der Waals surface area (Å²) in [5.74, 6) is 1.28. The number of H-pyrrole nitrogens is 1. The lowest BCUT2D eigenvalue weighted by molar-refractivity contribution is -0.126. The highest BCUT2D eigenvalue weighted by Gasteiger charge is 2.33. The molecule has 1 heterocycles. The topological polar surface area (TPSA) is 84.1 Å². The molecule has 0 saturated heterocycles. The van der Waals surface area contributed by atoms with E-state index in [2.05, 4.69) is 15.3 Å². The number of carbonyl (C=O) groups is 1. The van der Waals surface area contributed by atoms with E-state index < -0.39 is 0 Å². The number of aromatic amines is 1. The molecule has 2 N–H and O–H groups in total. The molecule has 1 aromatic heterocycles. The van der Waals surface area contributed by atoms with Gasteiger partial charge in [-0.05, 0) is 49.1 Å². The summed E-state index contributed by atoms with van der Waals surface area (Å²) < 4.78 is 5.18. The molecule has 6 heteroatoms. The van der Waals surface area contributed by atoms with Crippen LogP contribution in [0.5, 0.6) is 5.75 Å². The van der Waals surface area contributed by atoms with Crippen molar-refractivity contribution >= 4 is 16.8 Å². The van der Waals surface area contributed by atoms with E-state index in [4.69, 9.17) is 4.74 Å². The van der Waals surface area contributed by atoms with E-state index in [1.165, 1.54) is 0 Å². The Morgan fingerprint density at radius 1 is 1.13 bits per heavy atom. The maximum atomic E-state index is 13.0. The quantitative estimate of drug-likeness (QED) is 0.657. The molecule has 0 radical (unpaired) electrons. The summed E-state index contributed by atoms with van der Waals surface area (Å²) >= 11 is 0. The normalized spacial score (nSPS) is 18.8. The Labute approximate surface area is 175 Å². The van der Waals surface area contributed by atoms with Gasteiger partial charge in [-0.25, -0.2) is 4.98 Å². The zero-order valence-electron chi connectivity index (χ0n) is 17.2. The third kappa shape index (κ3) is 4.37. The minimum atomic E-state index is -0.168. The lowest BCUT2D eigenvalue weighted by atomic mass is 9.78. The van der Waals surface area contributed by atoms with Crippen molar-refractivity contribution in [2.24, 2.45) is 5.92 Å². The van der Waals surface area contributed by atoms with Crippen LogP contribution < -0.4 is 15.6 Å². The molecule has 0 unspecified atom stereocenters. The van der Waals surface area contributed by atoms with Gasteiger partial charge in [0.25, 0.3) is 5.56 Å². The Morgan fingerprint density at radius 2 is 1.90 bits per heavy atom. The molecular weight excluding hydrogens is 378 g/mol. The largest absolute Gasteiger partial charge is 0.497 e. The van der Waals surface area contributed by atoms with E-state index in [9.17, 15) is 9.59 Å². The number of rotatable bonds is 6. The van der Waals surface area contributed by atoms with Gasteiger partial charge in [0.05, 0.1) is 18.0 Å². The van der Waals surface area contributed by atoms with Crippen LogP contribution >= 0.6 is 0 Å². The Bertz CT molecular complexity index is 1070. The summed E-state index contributed by atoms with van der Waals surface area (Å²) in [7, 11) is 1.65. The molecule has 1 fully saturated rings. The zero-order valence-corrected chi connectivity index (χ0v) is 17.2. The summed E-state index contributed by atoms with van der Waals surface area (Å²) in [5.41, 5.74) is 1.69. The molecular formula is C24H27N3O3. The second-order valence-electron chi connectivity index (χ2n) is 7.85. The molecule has 30 heavy (non-hydrogen) atoms. The van der Waals surface area contributed by atoms with Gasteiger partial charge in [0.15, 0.2) is 0 Å². The second-order valence-corrected chi connectivity index (χ2v) is 7.85. The maximum absolute atomic E-state index is 13.0.